The number of aromatic nitrogens is 5. The van der Waals surface area contributed by atoms with E-state index >= 15 is 0 Å². The number of benzene rings is 2. The minimum atomic E-state index is -0.210. The van der Waals surface area contributed by atoms with Crippen LogP contribution in [0.15, 0.2) is 67.1 Å². The van der Waals surface area contributed by atoms with Gasteiger partial charge in [-0.1, -0.05) is 35.1 Å². The van der Waals surface area contributed by atoms with Crippen molar-refractivity contribution in [1.82, 2.24) is 24.7 Å². The first-order valence-electron chi connectivity index (χ1n) is 9.69. The van der Waals surface area contributed by atoms with Gasteiger partial charge in [0.05, 0.1) is 12.7 Å². The minimum Gasteiger partial charge on any atom is -0.497 e. The average Bonchev–Trinajstić information content (AvgIpc) is 3.46. The standard InChI is InChI=1S/C23H16ClN5O2S/c1-31-16-7-8-19-17(11-16)18(13-29(19)12-14-3-5-15(24)6-4-14)20(30)22-27-28-23(32-22)21-25-9-2-10-26-21/h2-11,13H,12H2,1H3. The Labute approximate surface area is 192 Å². The monoisotopic (exact) mass is 461 g/mol. The number of hydrogen-bond donors (Lipinski definition) is 0. The Hall–Kier alpha value is -3.62. The molecule has 0 radical (unpaired) electrons. The van der Waals surface area contributed by atoms with Crippen LogP contribution in [0.25, 0.3) is 21.7 Å². The molecule has 158 valence electrons. The molecule has 0 aliphatic rings. The lowest BCUT2D eigenvalue weighted by Gasteiger charge is -2.06. The highest BCUT2D eigenvalue weighted by Gasteiger charge is 2.22. The summed E-state index contributed by atoms with van der Waals surface area (Å²) in [6.45, 7) is 0.590. The molecule has 0 fully saturated rings. The van der Waals surface area contributed by atoms with Gasteiger partial charge in [0, 0.05) is 41.1 Å². The van der Waals surface area contributed by atoms with Gasteiger partial charge in [-0.3, -0.25) is 4.79 Å². The molecule has 7 nitrogen and oxygen atoms in total. The van der Waals surface area contributed by atoms with Gasteiger partial charge in [-0.15, -0.1) is 10.2 Å². The second-order valence-corrected chi connectivity index (χ2v) is 8.41. The number of nitrogens with zero attached hydrogens (tertiary/aromatic N) is 5. The predicted molar refractivity (Wildman–Crippen MR) is 123 cm³/mol. The molecule has 0 bridgehead atoms. The topological polar surface area (TPSA) is 82.8 Å². The van der Waals surface area contributed by atoms with Crippen LogP contribution >= 0.6 is 22.9 Å². The maximum atomic E-state index is 13.4. The molecule has 0 saturated heterocycles. The number of ether oxygens (including phenoxy) is 1. The average molecular weight is 462 g/mol. The molecule has 0 unspecified atom stereocenters. The van der Waals surface area contributed by atoms with Crippen LogP contribution in [0.5, 0.6) is 5.75 Å². The van der Waals surface area contributed by atoms with Crippen LogP contribution in [0.1, 0.15) is 20.9 Å². The van der Waals surface area contributed by atoms with Crippen molar-refractivity contribution in [3.63, 3.8) is 0 Å². The van der Waals surface area contributed by atoms with Gasteiger partial charge < -0.3 is 9.30 Å². The number of carbonyl (C=O) groups is 1. The fraction of sp³-hybridized carbons (Fsp3) is 0.0870. The lowest BCUT2D eigenvalue weighted by molar-refractivity contribution is 0.103. The smallest absolute Gasteiger partial charge is 0.225 e. The van der Waals surface area contributed by atoms with Crippen LogP contribution < -0.4 is 4.74 Å². The van der Waals surface area contributed by atoms with Gasteiger partial charge in [0.25, 0.3) is 0 Å². The van der Waals surface area contributed by atoms with E-state index < -0.39 is 0 Å². The number of carbonyl (C=O) groups excluding carboxylic acids is 1. The molecule has 5 aromatic rings. The quantitative estimate of drug-likeness (QED) is 0.335. The van der Waals surface area contributed by atoms with Gasteiger partial charge in [0.15, 0.2) is 15.8 Å². The van der Waals surface area contributed by atoms with Crippen LogP contribution in [0.2, 0.25) is 5.02 Å². The molecule has 2 aromatic carbocycles. The lowest BCUT2D eigenvalue weighted by Crippen LogP contribution is -2.01. The molecule has 0 saturated carbocycles. The number of rotatable bonds is 6. The van der Waals surface area contributed by atoms with Crippen molar-refractivity contribution in [2.24, 2.45) is 0 Å². The van der Waals surface area contributed by atoms with E-state index in [2.05, 4.69) is 20.2 Å². The zero-order valence-electron chi connectivity index (χ0n) is 16.9. The van der Waals surface area contributed by atoms with Gasteiger partial charge in [0.2, 0.25) is 5.78 Å². The molecule has 5 rings (SSSR count). The molecule has 0 aliphatic heterocycles. The van der Waals surface area contributed by atoms with E-state index in [9.17, 15) is 4.79 Å². The maximum absolute atomic E-state index is 13.4. The third-order valence-corrected chi connectivity index (χ3v) is 6.15. The Morgan fingerprint density at radius 1 is 1.09 bits per heavy atom. The van der Waals surface area contributed by atoms with E-state index in [1.807, 2.05) is 53.2 Å². The molecule has 3 aromatic heterocycles. The summed E-state index contributed by atoms with van der Waals surface area (Å²) in [5, 5.41) is 10.5. The van der Waals surface area contributed by atoms with Crippen molar-refractivity contribution in [3.05, 3.63) is 88.3 Å². The number of ketones is 1. The first-order valence-corrected chi connectivity index (χ1v) is 10.9. The predicted octanol–water partition coefficient (Wildman–Crippen LogP) is 4.89. The molecule has 0 amide bonds. The highest BCUT2D eigenvalue weighted by atomic mass is 35.5. The van der Waals surface area contributed by atoms with Crippen molar-refractivity contribution in [2.75, 3.05) is 7.11 Å². The summed E-state index contributed by atoms with van der Waals surface area (Å²) < 4.78 is 7.42. The van der Waals surface area contributed by atoms with Crippen LogP contribution in [0.3, 0.4) is 0 Å². The van der Waals surface area contributed by atoms with Crippen molar-refractivity contribution in [1.29, 1.82) is 0 Å². The molecule has 0 aliphatic carbocycles. The van der Waals surface area contributed by atoms with Gasteiger partial charge in [-0.2, -0.15) is 0 Å². The number of hydrogen-bond acceptors (Lipinski definition) is 7. The molecule has 3 heterocycles. The van der Waals surface area contributed by atoms with E-state index in [-0.39, 0.29) is 10.8 Å². The van der Waals surface area contributed by atoms with Crippen LogP contribution in [-0.2, 0) is 6.54 Å². The summed E-state index contributed by atoms with van der Waals surface area (Å²) in [5.41, 5.74) is 2.52. The van der Waals surface area contributed by atoms with E-state index in [1.54, 1.807) is 25.6 Å². The van der Waals surface area contributed by atoms with Crippen molar-refractivity contribution in [2.45, 2.75) is 6.54 Å². The molecule has 0 spiro atoms. The van der Waals surface area contributed by atoms with Crippen LogP contribution in [-0.4, -0.2) is 37.6 Å². The summed E-state index contributed by atoms with van der Waals surface area (Å²) in [6, 6.07) is 15.1. The van der Waals surface area contributed by atoms with E-state index in [1.165, 1.54) is 11.3 Å². The van der Waals surface area contributed by atoms with Crippen molar-refractivity contribution in [3.8, 4) is 16.6 Å². The molecule has 32 heavy (non-hydrogen) atoms. The van der Waals surface area contributed by atoms with Gasteiger partial charge in [-0.05, 0) is 42.0 Å². The Morgan fingerprint density at radius 2 is 1.88 bits per heavy atom. The third kappa shape index (κ3) is 3.86. The second kappa shape index (κ2) is 8.49. The zero-order chi connectivity index (χ0) is 22.1. The number of methoxy groups -OCH3 is 1. The Balaban J connectivity index is 1.56. The summed E-state index contributed by atoms with van der Waals surface area (Å²) in [4.78, 5) is 21.8. The molecular weight excluding hydrogens is 446 g/mol. The van der Waals surface area contributed by atoms with Gasteiger partial charge >= 0.3 is 0 Å². The summed E-state index contributed by atoms with van der Waals surface area (Å²) >= 11 is 7.19. The summed E-state index contributed by atoms with van der Waals surface area (Å²) in [5.74, 6) is 0.903. The Kier molecular flexibility index (Phi) is 5.38. The first-order chi connectivity index (χ1) is 15.6. The normalized spacial score (nSPS) is 11.1. The fourth-order valence-corrected chi connectivity index (χ4v) is 4.30. The Bertz CT molecular complexity index is 1410. The summed E-state index contributed by atoms with van der Waals surface area (Å²) in [7, 11) is 1.60. The minimum absolute atomic E-state index is 0.210. The van der Waals surface area contributed by atoms with E-state index in [0.717, 1.165) is 16.5 Å². The van der Waals surface area contributed by atoms with E-state index in [0.29, 0.717) is 33.7 Å². The van der Waals surface area contributed by atoms with Crippen molar-refractivity contribution < 1.29 is 9.53 Å². The maximum Gasteiger partial charge on any atom is 0.225 e. The number of fused-ring (bicyclic) bond motifs is 1. The van der Waals surface area contributed by atoms with Crippen LogP contribution in [0, 0.1) is 0 Å². The SMILES string of the molecule is COc1ccc2c(c1)c(C(=O)c1nnc(-c3ncccn3)s1)cn2Cc1ccc(Cl)cc1. The van der Waals surface area contributed by atoms with Crippen molar-refractivity contribution >= 4 is 39.6 Å². The molecule has 0 atom stereocenters. The first kappa shape index (κ1) is 20.3. The van der Waals surface area contributed by atoms with Crippen LogP contribution in [0.4, 0.5) is 0 Å². The number of halogens is 1. The van der Waals surface area contributed by atoms with Gasteiger partial charge in [0.1, 0.15) is 5.75 Å². The molecular formula is C23H16ClN5O2S. The highest BCUT2D eigenvalue weighted by Crippen LogP contribution is 2.30. The second-order valence-electron chi connectivity index (χ2n) is 6.99. The molecule has 9 heteroatoms. The van der Waals surface area contributed by atoms with E-state index in [4.69, 9.17) is 16.3 Å². The highest BCUT2D eigenvalue weighted by molar-refractivity contribution is 7.16. The Morgan fingerprint density at radius 3 is 2.62 bits per heavy atom. The lowest BCUT2D eigenvalue weighted by atomic mass is 10.1. The third-order valence-electron chi connectivity index (χ3n) is 4.98. The largest absolute Gasteiger partial charge is 0.497 e. The summed E-state index contributed by atoms with van der Waals surface area (Å²) in [6.07, 6.45) is 5.10. The fourth-order valence-electron chi connectivity index (χ4n) is 3.43. The molecule has 0 N–H and O–H groups in total. The van der Waals surface area contributed by atoms with Gasteiger partial charge in [-0.25, -0.2) is 9.97 Å². The zero-order valence-corrected chi connectivity index (χ0v) is 18.5.